The van der Waals surface area contributed by atoms with E-state index in [-0.39, 0.29) is 46.3 Å². The molecule has 2 amide bonds. The zero-order chi connectivity index (χ0) is 25.9. The maximum Gasteiger partial charge on any atom is 0.305 e. The largest absolute Gasteiger partial charge is 0.469 e. The average molecular weight is 533 g/mol. The number of methoxy groups -OCH3 is 1. The summed E-state index contributed by atoms with van der Waals surface area (Å²) in [5, 5.41) is 12.6. The number of anilines is 3. The molecule has 8 nitrogen and oxygen atoms in total. The summed E-state index contributed by atoms with van der Waals surface area (Å²) >= 11 is 18.2. The van der Waals surface area contributed by atoms with E-state index in [1.54, 1.807) is 43.0 Å². The minimum Gasteiger partial charge on any atom is -0.469 e. The van der Waals surface area contributed by atoms with Crippen molar-refractivity contribution in [3.05, 3.63) is 52.0 Å². The Morgan fingerprint density at radius 1 is 1.11 bits per heavy atom. The van der Waals surface area contributed by atoms with E-state index in [2.05, 4.69) is 10.1 Å². The van der Waals surface area contributed by atoms with E-state index in [4.69, 9.17) is 40.7 Å². The smallest absolute Gasteiger partial charge is 0.305 e. The van der Waals surface area contributed by atoms with Crippen LogP contribution in [-0.2, 0) is 19.1 Å². The molecule has 1 heterocycles. The molecule has 0 radical (unpaired) electrons. The summed E-state index contributed by atoms with van der Waals surface area (Å²) in [5.41, 5.74) is 0.553. The molecule has 0 unspecified atom stereocenters. The van der Waals surface area contributed by atoms with Gasteiger partial charge in [0.25, 0.3) is 5.91 Å². The van der Waals surface area contributed by atoms with Crippen molar-refractivity contribution in [2.75, 3.05) is 22.2 Å². The minimum atomic E-state index is -1.06. The predicted molar refractivity (Wildman–Crippen MR) is 139 cm³/mol. The van der Waals surface area contributed by atoms with Crippen LogP contribution in [0, 0.1) is 11.3 Å². The molecule has 1 saturated heterocycles. The predicted octanol–water partition coefficient (Wildman–Crippen LogP) is 5.06. The molecule has 3 rings (SSSR count). The first kappa shape index (κ1) is 26.4. The summed E-state index contributed by atoms with van der Waals surface area (Å²) in [4.78, 5) is 40.0. The van der Waals surface area contributed by atoms with Crippen molar-refractivity contribution in [1.29, 1.82) is 5.26 Å². The lowest BCUT2D eigenvalue weighted by Crippen LogP contribution is -2.44. The highest BCUT2D eigenvalue weighted by molar-refractivity contribution is 7.81. The topological polar surface area (TPSA) is 103 Å². The summed E-state index contributed by atoms with van der Waals surface area (Å²) in [5.74, 6) is -0.992. The van der Waals surface area contributed by atoms with E-state index in [1.165, 1.54) is 24.1 Å². The normalized spacial score (nSPS) is 14.6. The number of benzene rings is 2. The van der Waals surface area contributed by atoms with Crippen LogP contribution in [0.4, 0.5) is 17.1 Å². The van der Waals surface area contributed by atoms with E-state index < -0.39 is 5.54 Å². The van der Waals surface area contributed by atoms with E-state index >= 15 is 0 Å². The van der Waals surface area contributed by atoms with E-state index in [0.717, 1.165) is 0 Å². The van der Waals surface area contributed by atoms with Crippen molar-refractivity contribution in [2.45, 2.75) is 38.6 Å². The van der Waals surface area contributed by atoms with Crippen molar-refractivity contribution in [2.24, 2.45) is 0 Å². The second-order valence-corrected chi connectivity index (χ2v) is 9.42. The monoisotopic (exact) mass is 532 g/mol. The highest BCUT2D eigenvalue weighted by Gasteiger charge is 2.50. The van der Waals surface area contributed by atoms with Crippen LogP contribution >= 0.6 is 35.4 Å². The van der Waals surface area contributed by atoms with Crippen molar-refractivity contribution in [1.82, 2.24) is 0 Å². The third-order valence-electron chi connectivity index (χ3n) is 5.49. The average Bonchev–Trinajstić information content (AvgIpc) is 2.98. The van der Waals surface area contributed by atoms with Crippen LogP contribution in [0.3, 0.4) is 0 Å². The van der Waals surface area contributed by atoms with Gasteiger partial charge < -0.3 is 15.0 Å². The number of esters is 1. The molecule has 0 saturated carbocycles. The molecule has 1 N–H and O–H groups in total. The fourth-order valence-corrected chi connectivity index (χ4v) is 4.55. The zero-order valence-electron chi connectivity index (χ0n) is 19.2. The van der Waals surface area contributed by atoms with Gasteiger partial charge in [-0.25, -0.2) is 0 Å². The minimum absolute atomic E-state index is 0.106. The highest BCUT2D eigenvalue weighted by atomic mass is 35.5. The van der Waals surface area contributed by atoms with Gasteiger partial charge in [-0.2, -0.15) is 5.26 Å². The lowest BCUT2D eigenvalue weighted by Gasteiger charge is -2.30. The number of halogens is 2. The fourth-order valence-electron chi connectivity index (χ4n) is 3.65. The number of rotatable bonds is 7. The quantitative estimate of drug-likeness (QED) is 0.392. The Hall–Kier alpha value is -3.19. The Labute approximate surface area is 218 Å². The van der Waals surface area contributed by atoms with Crippen LogP contribution in [0.2, 0.25) is 10.0 Å². The van der Waals surface area contributed by atoms with E-state index in [1.807, 2.05) is 6.07 Å². The van der Waals surface area contributed by atoms with Crippen LogP contribution in [-0.4, -0.2) is 35.5 Å². The number of amides is 2. The number of carbonyl (C=O) groups excluding carboxylic acids is 3. The molecule has 2 aromatic carbocycles. The highest BCUT2D eigenvalue weighted by Crippen LogP contribution is 2.39. The van der Waals surface area contributed by atoms with Gasteiger partial charge >= 0.3 is 5.97 Å². The lowest BCUT2D eigenvalue weighted by molar-refractivity contribution is -0.140. The summed E-state index contributed by atoms with van der Waals surface area (Å²) in [6, 6.07) is 11.6. The van der Waals surface area contributed by atoms with Gasteiger partial charge in [-0.05, 0) is 68.9 Å². The molecular weight excluding hydrogens is 511 g/mol. The third-order valence-corrected chi connectivity index (χ3v) is 6.50. The van der Waals surface area contributed by atoms with Gasteiger partial charge in [-0.1, -0.05) is 23.2 Å². The third kappa shape index (κ3) is 5.40. The standard InChI is InChI=1S/C24H22Cl2N4O4S/c1-24(2)22(33)29(15-8-7-14(13-27)18(26)11-15)23(35)30(24)16-9-10-17(25)19(12-16)28-20(31)5-4-6-21(32)34-3/h7-12H,4-6H2,1-3H3,(H,28,31). The molecule has 0 bridgehead atoms. The summed E-state index contributed by atoms with van der Waals surface area (Å²) in [6.45, 7) is 3.46. The second kappa shape index (κ2) is 10.6. The number of hydrogen-bond donors (Lipinski definition) is 1. The molecule has 0 atom stereocenters. The molecule has 1 aliphatic rings. The Balaban J connectivity index is 1.87. The number of thiocarbonyl (C=S) groups is 1. The van der Waals surface area contributed by atoms with Gasteiger partial charge in [0.05, 0.1) is 34.1 Å². The van der Waals surface area contributed by atoms with Gasteiger partial charge in [0.15, 0.2) is 5.11 Å². The molecule has 35 heavy (non-hydrogen) atoms. The molecule has 2 aromatic rings. The lowest BCUT2D eigenvalue weighted by atomic mass is 10.0. The number of nitriles is 1. The van der Waals surface area contributed by atoms with Crippen LogP contribution < -0.4 is 15.1 Å². The van der Waals surface area contributed by atoms with Gasteiger partial charge in [-0.3, -0.25) is 19.3 Å². The maximum atomic E-state index is 13.4. The SMILES string of the molecule is COC(=O)CCCC(=O)Nc1cc(N2C(=S)N(c3ccc(C#N)c(Cl)c3)C(=O)C2(C)C)ccc1Cl. The zero-order valence-corrected chi connectivity index (χ0v) is 21.6. The molecule has 1 aliphatic heterocycles. The van der Waals surface area contributed by atoms with Gasteiger partial charge in [0.1, 0.15) is 11.6 Å². The Bertz CT molecular complexity index is 1260. The molecule has 0 aromatic heterocycles. The second-order valence-electron chi connectivity index (χ2n) is 8.24. The maximum absolute atomic E-state index is 13.4. The first-order valence-electron chi connectivity index (χ1n) is 10.6. The first-order valence-corrected chi connectivity index (χ1v) is 11.7. The number of hydrogen-bond acceptors (Lipinski definition) is 6. The Morgan fingerprint density at radius 2 is 1.80 bits per heavy atom. The molecule has 0 aliphatic carbocycles. The summed E-state index contributed by atoms with van der Waals surface area (Å²) in [7, 11) is 1.29. The van der Waals surface area contributed by atoms with E-state index in [9.17, 15) is 14.4 Å². The van der Waals surface area contributed by atoms with Crippen molar-refractivity contribution in [3.8, 4) is 6.07 Å². The summed E-state index contributed by atoms with van der Waals surface area (Å²) in [6.07, 6.45) is 0.565. The molecule has 1 fully saturated rings. The van der Waals surface area contributed by atoms with Gasteiger partial charge in [0.2, 0.25) is 5.91 Å². The van der Waals surface area contributed by atoms with Gasteiger partial charge in [-0.15, -0.1) is 0 Å². The molecule has 0 spiro atoms. The van der Waals surface area contributed by atoms with E-state index in [0.29, 0.717) is 28.5 Å². The van der Waals surface area contributed by atoms with Crippen molar-refractivity contribution in [3.63, 3.8) is 0 Å². The number of nitrogens with one attached hydrogen (secondary N) is 1. The van der Waals surface area contributed by atoms with Crippen LogP contribution in [0.1, 0.15) is 38.7 Å². The fraction of sp³-hybridized carbons (Fsp3) is 0.292. The van der Waals surface area contributed by atoms with Crippen LogP contribution in [0.5, 0.6) is 0 Å². The van der Waals surface area contributed by atoms with Crippen LogP contribution in [0.15, 0.2) is 36.4 Å². The number of carbonyl (C=O) groups is 3. The molecular formula is C24H22Cl2N4O4S. The molecule has 182 valence electrons. The van der Waals surface area contributed by atoms with Crippen molar-refractivity contribution >= 4 is 75.4 Å². The summed E-state index contributed by atoms with van der Waals surface area (Å²) < 4.78 is 4.58. The Kier molecular flexibility index (Phi) is 8.00. The van der Waals surface area contributed by atoms with Crippen LogP contribution in [0.25, 0.3) is 0 Å². The van der Waals surface area contributed by atoms with Crippen molar-refractivity contribution < 1.29 is 19.1 Å². The first-order chi connectivity index (χ1) is 16.5. The number of ether oxygens (including phenoxy) is 1. The van der Waals surface area contributed by atoms with Gasteiger partial charge in [0, 0.05) is 18.5 Å². The Morgan fingerprint density at radius 3 is 2.43 bits per heavy atom. The molecule has 11 heteroatoms. The number of nitrogens with zero attached hydrogens (tertiary/aromatic N) is 3.